The van der Waals surface area contributed by atoms with E-state index in [9.17, 15) is 4.79 Å². The van der Waals surface area contributed by atoms with Gasteiger partial charge in [0, 0.05) is 19.8 Å². The molecule has 0 rings (SSSR count). The maximum atomic E-state index is 11.1. The number of unbranched alkanes of at least 4 members (excludes halogenated alkanes) is 7. The first-order valence-corrected chi connectivity index (χ1v) is 8.12. The molecule has 0 atom stereocenters. The van der Waals surface area contributed by atoms with Crippen LogP contribution in [0.2, 0.25) is 0 Å². The molecule has 0 aliphatic carbocycles. The standard InChI is InChI=1S/C15H32N4O2/c1-2-3-4-5-6-7-8-9-12-21-13-10-11-18-15(20)19-14(16)17/h2-13H2,1H3,(H5,16,17,18,19,20). The van der Waals surface area contributed by atoms with Gasteiger partial charge in [-0.1, -0.05) is 51.9 Å². The molecule has 2 amide bonds. The quantitative estimate of drug-likeness (QED) is 0.276. The Morgan fingerprint density at radius 1 is 0.952 bits per heavy atom. The van der Waals surface area contributed by atoms with Crippen molar-refractivity contribution in [2.24, 2.45) is 16.5 Å². The van der Waals surface area contributed by atoms with Gasteiger partial charge in [0.05, 0.1) is 0 Å². The molecule has 0 aromatic carbocycles. The molecule has 0 saturated carbocycles. The zero-order valence-corrected chi connectivity index (χ0v) is 13.4. The average molecular weight is 300 g/mol. The summed E-state index contributed by atoms with van der Waals surface area (Å²) in [5.41, 5.74) is 10.2. The Hall–Kier alpha value is -1.30. The van der Waals surface area contributed by atoms with Crippen molar-refractivity contribution < 1.29 is 9.53 Å². The summed E-state index contributed by atoms with van der Waals surface area (Å²) in [6, 6.07) is -0.502. The second kappa shape index (κ2) is 15.1. The number of guanidine groups is 1. The van der Waals surface area contributed by atoms with E-state index in [1.165, 1.54) is 44.9 Å². The van der Waals surface area contributed by atoms with Crippen molar-refractivity contribution >= 4 is 12.0 Å². The van der Waals surface area contributed by atoms with E-state index in [1.807, 2.05) is 0 Å². The highest BCUT2D eigenvalue weighted by molar-refractivity contribution is 5.90. The minimum Gasteiger partial charge on any atom is -0.381 e. The van der Waals surface area contributed by atoms with Crippen LogP contribution in [0.5, 0.6) is 0 Å². The van der Waals surface area contributed by atoms with E-state index in [0.29, 0.717) is 13.2 Å². The van der Waals surface area contributed by atoms with Crippen molar-refractivity contribution in [2.75, 3.05) is 19.8 Å². The van der Waals surface area contributed by atoms with Gasteiger partial charge >= 0.3 is 6.03 Å². The summed E-state index contributed by atoms with van der Waals surface area (Å²) < 4.78 is 5.51. The van der Waals surface area contributed by atoms with Gasteiger partial charge in [0.15, 0.2) is 5.96 Å². The van der Waals surface area contributed by atoms with Gasteiger partial charge in [-0.15, -0.1) is 0 Å². The predicted molar refractivity (Wildman–Crippen MR) is 87.3 cm³/mol. The van der Waals surface area contributed by atoms with Gasteiger partial charge in [-0.3, -0.25) is 0 Å². The van der Waals surface area contributed by atoms with Crippen LogP contribution < -0.4 is 16.8 Å². The van der Waals surface area contributed by atoms with Crippen LogP contribution in [0.15, 0.2) is 4.99 Å². The molecule has 6 heteroatoms. The number of nitrogens with zero attached hydrogens (tertiary/aromatic N) is 1. The summed E-state index contributed by atoms with van der Waals surface area (Å²) in [6.07, 6.45) is 11.2. The van der Waals surface area contributed by atoms with Crippen molar-refractivity contribution in [3.8, 4) is 0 Å². The lowest BCUT2D eigenvalue weighted by atomic mass is 10.1. The van der Waals surface area contributed by atoms with Gasteiger partial charge in [-0.25, -0.2) is 4.79 Å². The molecule has 0 aromatic heterocycles. The lowest BCUT2D eigenvalue weighted by Gasteiger charge is -2.05. The summed E-state index contributed by atoms with van der Waals surface area (Å²) >= 11 is 0. The third kappa shape index (κ3) is 16.6. The molecular formula is C15H32N4O2. The van der Waals surface area contributed by atoms with E-state index in [2.05, 4.69) is 17.2 Å². The highest BCUT2D eigenvalue weighted by Crippen LogP contribution is 2.08. The van der Waals surface area contributed by atoms with E-state index in [0.717, 1.165) is 19.4 Å². The summed E-state index contributed by atoms with van der Waals surface area (Å²) in [4.78, 5) is 14.4. The number of hydrogen-bond acceptors (Lipinski definition) is 2. The molecule has 0 spiro atoms. The SMILES string of the molecule is CCCCCCCCCCOCCCNC(=O)N=C(N)N. The molecule has 0 saturated heterocycles. The van der Waals surface area contributed by atoms with E-state index >= 15 is 0 Å². The van der Waals surface area contributed by atoms with Crippen LogP contribution in [0.3, 0.4) is 0 Å². The summed E-state index contributed by atoms with van der Waals surface area (Å²) in [7, 11) is 0. The zero-order valence-electron chi connectivity index (χ0n) is 13.4. The van der Waals surface area contributed by atoms with E-state index in [-0.39, 0.29) is 5.96 Å². The van der Waals surface area contributed by atoms with Crippen LogP contribution in [0.4, 0.5) is 4.79 Å². The fourth-order valence-electron chi connectivity index (χ4n) is 1.97. The molecule has 0 aliphatic rings. The van der Waals surface area contributed by atoms with Gasteiger partial charge in [0.25, 0.3) is 0 Å². The second-order valence-corrected chi connectivity index (χ2v) is 5.21. The van der Waals surface area contributed by atoms with E-state index in [1.54, 1.807) is 0 Å². The van der Waals surface area contributed by atoms with Gasteiger partial charge in [0.2, 0.25) is 0 Å². The number of nitrogens with one attached hydrogen (secondary N) is 1. The molecule has 0 aliphatic heterocycles. The normalized spacial score (nSPS) is 10.3. The number of rotatable bonds is 13. The molecule has 6 nitrogen and oxygen atoms in total. The number of aliphatic imine (C=N–C) groups is 1. The highest BCUT2D eigenvalue weighted by Gasteiger charge is 1.97. The number of carbonyl (C=O) groups excluding carboxylic acids is 1. The Kier molecular flexibility index (Phi) is 14.2. The predicted octanol–water partition coefficient (Wildman–Crippen LogP) is 2.52. The van der Waals surface area contributed by atoms with Crippen LogP contribution in [0.1, 0.15) is 64.7 Å². The second-order valence-electron chi connectivity index (χ2n) is 5.21. The number of nitrogens with two attached hydrogens (primary N) is 2. The van der Waals surface area contributed by atoms with Gasteiger partial charge in [-0.2, -0.15) is 4.99 Å². The molecule has 0 radical (unpaired) electrons. The minimum absolute atomic E-state index is 0.224. The van der Waals surface area contributed by atoms with Gasteiger partial charge in [0.1, 0.15) is 0 Å². The largest absolute Gasteiger partial charge is 0.381 e. The lowest BCUT2D eigenvalue weighted by Crippen LogP contribution is -2.29. The molecule has 21 heavy (non-hydrogen) atoms. The molecule has 0 bridgehead atoms. The number of hydrogen-bond donors (Lipinski definition) is 3. The van der Waals surface area contributed by atoms with Crippen LogP contribution >= 0.6 is 0 Å². The van der Waals surface area contributed by atoms with Crippen molar-refractivity contribution in [3.63, 3.8) is 0 Å². The maximum absolute atomic E-state index is 11.1. The van der Waals surface area contributed by atoms with Crippen LogP contribution in [-0.4, -0.2) is 31.7 Å². The van der Waals surface area contributed by atoms with Crippen LogP contribution in [0, 0.1) is 0 Å². The Balaban J connectivity index is 3.12. The van der Waals surface area contributed by atoms with Gasteiger partial charge < -0.3 is 21.5 Å². The molecule has 0 heterocycles. The van der Waals surface area contributed by atoms with Crippen molar-refractivity contribution in [2.45, 2.75) is 64.7 Å². The fraction of sp³-hybridized carbons (Fsp3) is 0.867. The number of urea groups is 1. The van der Waals surface area contributed by atoms with Crippen molar-refractivity contribution in [1.82, 2.24) is 5.32 Å². The Morgan fingerprint density at radius 2 is 1.52 bits per heavy atom. The molecule has 124 valence electrons. The summed E-state index contributed by atoms with van der Waals surface area (Å²) in [5, 5.41) is 2.58. The Bertz CT molecular complexity index is 279. The lowest BCUT2D eigenvalue weighted by molar-refractivity contribution is 0.127. The fourth-order valence-corrected chi connectivity index (χ4v) is 1.97. The number of carbonyl (C=O) groups is 1. The van der Waals surface area contributed by atoms with E-state index < -0.39 is 6.03 Å². The molecule has 0 fully saturated rings. The highest BCUT2D eigenvalue weighted by atomic mass is 16.5. The summed E-state index contributed by atoms with van der Waals surface area (Å²) in [6.45, 7) is 4.21. The van der Waals surface area contributed by atoms with E-state index in [4.69, 9.17) is 16.2 Å². The first-order chi connectivity index (χ1) is 10.2. The zero-order chi connectivity index (χ0) is 15.8. The molecule has 0 aromatic rings. The monoisotopic (exact) mass is 300 g/mol. The third-order valence-corrected chi connectivity index (χ3v) is 3.11. The minimum atomic E-state index is -0.502. The number of amides is 2. The van der Waals surface area contributed by atoms with Crippen LogP contribution in [0.25, 0.3) is 0 Å². The molecule has 5 N–H and O–H groups in total. The summed E-state index contributed by atoms with van der Waals surface area (Å²) in [5.74, 6) is -0.224. The first kappa shape index (κ1) is 19.7. The first-order valence-electron chi connectivity index (χ1n) is 8.12. The number of ether oxygens (including phenoxy) is 1. The smallest absolute Gasteiger partial charge is 0.344 e. The van der Waals surface area contributed by atoms with Crippen molar-refractivity contribution in [1.29, 1.82) is 0 Å². The average Bonchev–Trinajstić information content (AvgIpc) is 2.43. The molecular weight excluding hydrogens is 268 g/mol. The Labute approximate surface area is 128 Å². The van der Waals surface area contributed by atoms with Crippen LogP contribution in [-0.2, 0) is 4.74 Å². The Morgan fingerprint density at radius 3 is 2.14 bits per heavy atom. The topological polar surface area (TPSA) is 103 Å². The maximum Gasteiger partial charge on any atom is 0.344 e. The van der Waals surface area contributed by atoms with Crippen molar-refractivity contribution in [3.05, 3.63) is 0 Å². The molecule has 0 unspecified atom stereocenters. The van der Waals surface area contributed by atoms with Gasteiger partial charge in [-0.05, 0) is 12.8 Å². The third-order valence-electron chi connectivity index (χ3n) is 3.11.